The normalized spacial score (nSPS) is 15.6. The molecule has 3 amide bonds. The molecule has 2 heterocycles. The lowest BCUT2D eigenvalue weighted by Gasteiger charge is -2.29. The first-order valence-electron chi connectivity index (χ1n) is 11.5. The third-order valence-electron chi connectivity index (χ3n) is 5.49. The smallest absolute Gasteiger partial charge is 0.412 e. The summed E-state index contributed by atoms with van der Waals surface area (Å²) >= 11 is 6.12. The number of pyridine rings is 1. The van der Waals surface area contributed by atoms with Crippen molar-refractivity contribution in [2.75, 3.05) is 10.6 Å². The lowest BCUT2D eigenvalue weighted by Crippen LogP contribution is -2.46. The van der Waals surface area contributed by atoms with E-state index in [9.17, 15) is 14.4 Å². The van der Waals surface area contributed by atoms with Gasteiger partial charge in [-0.25, -0.2) is 4.79 Å². The molecule has 2 aromatic carbocycles. The van der Waals surface area contributed by atoms with Crippen LogP contribution in [0.3, 0.4) is 0 Å². The summed E-state index contributed by atoms with van der Waals surface area (Å²) in [6, 6.07) is 16.5. The van der Waals surface area contributed by atoms with Gasteiger partial charge in [-0.05, 0) is 68.8 Å². The molecule has 0 aliphatic carbocycles. The SMILES string of the molecule is CC(C)(C)OC(=O)Nc1ccc(CN2C(=O)c3ccc(Cl)cc3NC(=O)[C@H]2Cc2ccccn2)cc1. The van der Waals surface area contributed by atoms with Gasteiger partial charge in [-0.15, -0.1) is 0 Å². The van der Waals surface area contributed by atoms with Gasteiger partial charge in [0.2, 0.25) is 5.91 Å². The van der Waals surface area contributed by atoms with Crippen LogP contribution in [-0.4, -0.2) is 39.4 Å². The van der Waals surface area contributed by atoms with Crippen molar-refractivity contribution in [2.45, 2.75) is 45.4 Å². The Hall–Kier alpha value is -3.91. The van der Waals surface area contributed by atoms with Gasteiger partial charge in [0, 0.05) is 35.6 Å². The number of ether oxygens (including phenoxy) is 1. The molecule has 0 fully saturated rings. The van der Waals surface area contributed by atoms with E-state index in [4.69, 9.17) is 16.3 Å². The van der Waals surface area contributed by atoms with E-state index in [1.54, 1.807) is 80.4 Å². The van der Waals surface area contributed by atoms with Crippen molar-refractivity contribution >= 4 is 40.9 Å². The van der Waals surface area contributed by atoms with Crippen LogP contribution in [0, 0.1) is 0 Å². The lowest BCUT2D eigenvalue weighted by atomic mass is 10.1. The summed E-state index contributed by atoms with van der Waals surface area (Å²) in [7, 11) is 0. The number of anilines is 2. The fraction of sp³-hybridized carbons (Fsp3) is 0.259. The topological polar surface area (TPSA) is 101 Å². The van der Waals surface area contributed by atoms with Crippen molar-refractivity contribution in [3.8, 4) is 0 Å². The van der Waals surface area contributed by atoms with Crippen LogP contribution in [0.1, 0.15) is 42.4 Å². The monoisotopic (exact) mass is 506 g/mol. The predicted octanol–water partition coefficient (Wildman–Crippen LogP) is 5.29. The van der Waals surface area contributed by atoms with E-state index in [2.05, 4.69) is 15.6 Å². The van der Waals surface area contributed by atoms with Crippen LogP contribution in [0.4, 0.5) is 16.2 Å². The van der Waals surface area contributed by atoms with Crippen LogP contribution < -0.4 is 10.6 Å². The number of halogens is 1. The maximum Gasteiger partial charge on any atom is 0.412 e. The summed E-state index contributed by atoms with van der Waals surface area (Å²) in [4.78, 5) is 44.9. The van der Waals surface area contributed by atoms with E-state index in [1.807, 2.05) is 12.1 Å². The van der Waals surface area contributed by atoms with Gasteiger partial charge < -0.3 is 15.0 Å². The van der Waals surface area contributed by atoms with E-state index in [1.165, 1.54) is 0 Å². The van der Waals surface area contributed by atoms with Crippen LogP contribution >= 0.6 is 11.6 Å². The third kappa shape index (κ3) is 6.20. The molecule has 0 saturated carbocycles. The molecule has 36 heavy (non-hydrogen) atoms. The Labute approximate surface area is 214 Å². The van der Waals surface area contributed by atoms with Gasteiger partial charge in [-0.2, -0.15) is 0 Å². The second-order valence-corrected chi connectivity index (χ2v) is 9.91. The Bertz CT molecular complexity index is 1270. The van der Waals surface area contributed by atoms with Crippen molar-refractivity contribution in [3.05, 3.63) is 88.7 Å². The van der Waals surface area contributed by atoms with Gasteiger partial charge in [-0.1, -0.05) is 29.8 Å². The van der Waals surface area contributed by atoms with Gasteiger partial charge >= 0.3 is 6.09 Å². The summed E-state index contributed by atoms with van der Waals surface area (Å²) in [5.41, 5.74) is 2.16. The number of rotatable bonds is 5. The number of hydrogen-bond donors (Lipinski definition) is 2. The zero-order chi connectivity index (χ0) is 25.9. The van der Waals surface area contributed by atoms with Gasteiger partial charge in [0.15, 0.2) is 0 Å². The summed E-state index contributed by atoms with van der Waals surface area (Å²) in [5, 5.41) is 5.96. The minimum atomic E-state index is -0.793. The van der Waals surface area contributed by atoms with Gasteiger partial charge in [0.25, 0.3) is 5.91 Å². The highest BCUT2D eigenvalue weighted by molar-refractivity contribution is 6.31. The van der Waals surface area contributed by atoms with Crippen LogP contribution in [0.25, 0.3) is 0 Å². The molecular formula is C27H27ClN4O4. The molecular weight excluding hydrogens is 480 g/mol. The molecule has 3 aromatic rings. The first-order chi connectivity index (χ1) is 17.1. The summed E-state index contributed by atoms with van der Waals surface area (Å²) in [5.74, 6) is -0.616. The molecule has 0 spiro atoms. The first-order valence-corrected chi connectivity index (χ1v) is 11.9. The third-order valence-corrected chi connectivity index (χ3v) is 5.73. The highest BCUT2D eigenvalue weighted by Crippen LogP contribution is 2.29. The Morgan fingerprint density at radius 3 is 2.53 bits per heavy atom. The number of amides is 3. The Morgan fingerprint density at radius 2 is 1.86 bits per heavy atom. The highest BCUT2D eigenvalue weighted by atomic mass is 35.5. The summed E-state index contributed by atoms with van der Waals surface area (Å²) < 4.78 is 5.28. The largest absolute Gasteiger partial charge is 0.444 e. The van der Waals surface area contributed by atoms with Crippen molar-refractivity contribution in [2.24, 2.45) is 0 Å². The highest BCUT2D eigenvalue weighted by Gasteiger charge is 2.36. The van der Waals surface area contributed by atoms with E-state index in [-0.39, 0.29) is 24.8 Å². The van der Waals surface area contributed by atoms with Crippen molar-refractivity contribution in [1.29, 1.82) is 0 Å². The van der Waals surface area contributed by atoms with Crippen molar-refractivity contribution < 1.29 is 19.1 Å². The number of carbonyl (C=O) groups excluding carboxylic acids is 3. The first kappa shape index (κ1) is 25.2. The van der Waals surface area contributed by atoms with Crippen molar-refractivity contribution in [3.63, 3.8) is 0 Å². The average molecular weight is 507 g/mol. The average Bonchev–Trinajstić information content (AvgIpc) is 2.89. The molecule has 0 saturated heterocycles. The lowest BCUT2D eigenvalue weighted by molar-refractivity contribution is -0.120. The minimum Gasteiger partial charge on any atom is -0.444 e. The van der Waals surface area contributed by atoms with Gasteiger partial charge in [0.05, 0.1) is 11.3 Å². The number of hydrogen-bond acceptors (Lipinski definition) is 5. The molecule has 8 nitrogen and oxygen atoms in total. The van der Waals surface area contributed by atoms with Crippen LogP contribution in [-0.2, 0) is 22.5 Å². The number of nitrogens with zero attached hydrogens (tertiary/aromatic N) is 2. The number of aromatic nitrogens is 1. The number of nitrogens with one attached hydrogen (secondary N) is 2. The molecule has 0 bridgehead atoms. The standard InChI is InChI=1S/C27H27ClN4O4/c1-27(2,3)36-26(35)30-19-10-7-17(8-11-19)16-32-23(15-20-6-4-5-13-29-20)24(33)31-22-14-18(28)9-12-21(22)25(32)34/h4-14,23H,15-16H2,1-3H3,(H,30,35)(H,31,33)/t23-/m1/s1. The molecule has 4 rings (SSSR count). The molecule has 1 atom stereocenters. The summed E-state index contributed by atoms with van der Waals surface area (Å²) in [6.45, 7) is 5.55. The second-order valence-electron chi connectivity index (χ2n) is 9.48. The number of fused-ring (bicyclic) bond motifs is 1. The Balaban J connectivity index is 1.60. The van der Waals surface area contributed by atoms with Crippen LogP contribution in [0.2, 0.25) is 5.02 Å². The fourth-order valence-corrected chi connectivity index (χ4v) is 4.05. The molecule has 1 aliphatic rings. The summed E-state index contributed by atoms with van der Waals surface area (Å²) in [6.07, 6.45) is 1.35. The molecule has 0 unspecified atom stereocenters. The van der Waals surface area contributed by atoms with Gasteiger partial charge in [-0.3, -0.25) is 19.9 Å². The Kier molecular flexibility index (Phi) is 7.26. The molecule has 1 aliphatic heterocycles. The minimum absolute atomic E-state index is 0.179. The number of carbonyl (C=O) groups is 3. The quantitative estimate of drug-likeness (QED) is 0.490. The molecule has 9 heteroatoms. The molecule has 186 valence electrons. The van der Waals surface area contributed by atoms with Crippen molar-refractivity contribution in [1.82, 2.24) is 9.88 Å². The zero-order valence-corrected chi connectivity index (χ0v) is 21.0. The van der Waals surface area contributed by atoms with Crippen LogP contribution in [0.5, 0.6) is 0 Å². The predicted molar refractivity (Wildman–Crippen MR) is 138 cm³/mol. The maximum absolute atomic E-state index is 13.6. The second kappa shape index (κ2) is 10.4. The molecule has 2 N–H and O–H groups in total. The van der Waals surface area contributed by atoms with E-state index >= 15 is 0 Å². The zero-order valence-electron chi connectivity index (χ0n) is 20.2. The van der Waals surface area contributed by atoms with Gasteiger partial charge in [0.1, 0.15) is 11.6 Å². The van der Waals surface area contributed by atoms with Crippen LogP contribution in [0.15, 0.2) is 66.9 Å². The maximum atomic E-state index is 13.6. The van der Waals surface area contributed by atoms with E-state index in [0.717, 1.165) is 5.56 Å². The molecule has 0 radical (unpaired) electrons. The Morgan fingerprint density at radius 1 is 1.11 bits per heavy atom. The van der Waals surface area contributed by atoms with E-state index < -0.39 is 17.7 Å². The molecule has 1 aromatic heterocycles. The number of benzene rings is 2. The van der Waals surface area contributed by atoms with E-state index in [0.29, 0.717) is 27.7 Å². The fourth-order valence-electron chi connectivity index (χ4n) is 3.87.